The van der Waals surface area contributed by atoms with Crippen LogP contribution in [-0.2, 0) is 6.54 Å². The number of hydrogen-bond acceptors (Lipinski definition) is 4. The minimum atomic E-state index is 0.183. The average Bonchev–Trinajstić information content (AvgIpc) is 2.47. The number of carbonyl (C=O) groups excluding carboxylic acids is 1. The number of benzene rings is 2. The molecule has 3 rings (SSSR count). The quantitative estimate of drug-likeness (QED) is 0.837. The van der Waals surface area contributed by atoms with Crippen molar-refractivity contribution in [2.75, 3.05) is 15.8 Å². The van der Waals surface area contributed by atoms with E-state index >= 15 is 0 Å². The van der Waals surface area contributed by atoms with Crippen LogP contribution in [0.1, 0.15) is 15.9 Å². The molecule has 1 aliphatic rings. The molecule has 2 aromatic carbocycles. The van der Waals surface area contributed by atoms with Gasteiger partial charge < -0.3 is 10.0 Å². The highest BCUT2D eigenvalue weighted by atomic mass is 32.2. The minimum Gasteiger partial charge on any atom is -0.381 e. The minimum absolute atomic E-state index is 0.183. The molecule has 19 heavy (non-hydrogen) atoms. The molecule has 0 spiro atoms. The van der Waals surface area contributed by atoms with Gasteiger partial charge in [0.25, 0.3) is 0 Å². The Morgan fingerprint density at radius 2 is 2.00 bits per heavy atom. The summed E-state index contributed by atoms with van der Waals surface area (Å²) in [5.41, 5.74) is 3.88. The van der Waals surface area contributed by atoms with Crippen molar-refractivity contribution < 1.29 is 4.79 Å². The summed E-state index contributed by atoms with van der Waals surface area (Å²) in [6.45, 7) is 0.760. The van der Waals surface area contributed by atoms with E-state index in [1.807, 2.05) is 36.4 Å². The second-order valence-corrected chi connectivity index (χ2v) is 5.19. The van der Waals surface area contributed by atoms with Crippen LogP contribution < -0.4 is 10.0 Å². The second-order valence-electron chi connectivity index (χ2n) is 4.41. The molecule has 0 saturated carbocycles. The molecule has 4 heteroatoms. The Morgan fingerprint density at radius 3 is 2.84 bits per heavy atom. The van der Waals surface area contributed by atoms with Crippen molar-refractivity contribution in [3.63, 3.8) is 0 Å². The zero-order chi connectivity index (χ0) is 13.1. The van der Waals surface area contributed by atoms with Crippen molar-refractivity contribution in [2.24, 2.45) is 0 Å². The lowest BCUT2D eigenvalue weighted by atomic mass is 10.1. The Morgan fingerprint density at radius 1 is 1.16 bits per heavy atom. The highest BCUT2D eigenvalue weighted by Crippen LogP contribution is 2.28. The fraction of sp³-hybridized carbons (Fsp3) is 0.133. The van der Waals surface area contributed by atoms with Gasteiger partial charge in [0.15, 0.2) is 5.78 Å². The highest BCUT2D eigenvalue weighted by Gasteiger charge is 2.17. The van der Waals surface area contributed by atoms with Gasteiger partial charge in [-0.2, -0.15) is 0 Å². The topological polar surface area (TPSA) is 41.1 Å². The number of Topliss-reactive ketones (excluding diaryl/α,β-unsaturated/α-hetero) is 1. The number of hydrogen-bond donors (Lipinski definition) is 2. The van der Waals surface area contributed by atoms with Gasteiger partial charge >= 0.3 is 0 Å². The normalized spacial score (nSPS) is 13.6. The number of nitrogens with one attached hydrogen (secondary N) is 2. The number of fused-ring (bicyclic) bond motifs is 1. The van der Waals surface area contributed by atoms with Gasteiger partial charge in [0.2, 0.25) is 0 Å². The molecule has 1 aliphatic heterocycles. The molecule has 1 heterocycles. The molecule has 0 aromatic heterocycles. The van der Waals surface area contributed by atoms with Gasteiger partial charge in [-0.1, -0.05) is 30.3 Å². The molecule has 3 nitrogen and oxygen atoms in total. The van der Waals surface area contributed by atoms with Gasteiger partial charge in [0.1, 0.15) is 0 Å². The number of ketones is 1. The third kappa shape index (κ3) is 2.74. The summed E-state index contributed by atoms with van der Waals surface area (Å²) >= 11 is 1.44. The third-order valence-corrected chi connectivity index (χ3v) is 3.82. The van der Waals surface area contributed by atoms with Crippen LogP contribution in [-0.4, -0.2) is 11.5 Å². The van der Waals surface area contributed by atoms with Gasteiger partial charge in [0, 0.05) is 17.8 Å². The molecule has 0 radical (unpaired) electrons. The molecule has 0 saturated heterocycles. The molecule has 0 amide bonds. The number of anilines is 2. The van der Waals surface area contributed by atoms with Crippen molar-refractivity contribution >= 4 is 29.1 Å². The maximum atomic E-state index is 11.8. The van der Waals surface area contributed by atoms with Crippen molar-refractivity contribution in [2.45, 2.75) is 6.54 Å². The van der Waals surface area contributed by atoms with E-state index < -0.39 is 0 Å². The molecule has 96 valence electrons. The van der Waals surface area contributed by atoms with Crippen molar-refractivity contribution in [3.05, 3.63) is 59.7 Å². The first-order valence-electron chi connectivity index (χ1n) is 6.16. The van der Waals surface area contributed by atoms with Crippen molar-refractivity contribution in [1.29, 1.82) is 0 Å². The molecular weight excluding hydrogens is 256 g/mol. The van der Waals surface area contributed by atoms with Crippen LogP contribution in [0.2, 0.25) is 0 Å². The van der Waals surface area contributed by atoms with Crippen LogP contribution in [0.5, 0.6) is 0 Å². The van der Waals surface area contributed by atoms with E-state index in [4.69, 9.17) is 0 Å². The van der Waals surface area contributed by atoms with E-state index in [1.165, 1.54) is 17.5 Å². The smallest absolute Gasteiger partial charge is 0.176 e. The van der Waals surface area contributed by atoms with E-state index in [9.17, 15) is 4.79 Å². The fourth-order valence-electron chi connectivity index (χ4n) is 2.03. The van der Waals surface area contributed by atoms with Crippen LogP contribution in [0.4, 0.5) is 11.4 Å². The summed E-state index contributed by atoms with van der Waals surface area (Å²) < 4.78 is 3.16. The monoisotopic (exact) mass is 270 g/mol. The lowest BCUT2D eigenvalue weighted by Crippen LogP contribution is -2.13. The van der Waals surface area contributed by atoms with Crippen LogP contribution >= 0.6 is 11.9 Å². The van der Waals surface area contributed by atoms with E-state index in [1.54, 1.807) is 0 Å². The summed E-state index contributed by atoms with van der Waals surface area (Å²) in [7, 11) is 0. The lowest BCUT2D eigenvalue weighted by Gasteiger charge is -2.17. The van der Waals surface area contributed by atoms with Crippen molar-refractivity contribution in [1.82, 2.24) is 0 Å². The maximum Gasteiger partial charge on any atom is 0.176 e. The standard InChI is InChI=1S/C15H14N2OS/c18-15-10-19-17-14-7-6-12(8-13(14)15)16-9-11-4-2-1-3-5-11/h1-8,16-17H,9-10H2. The van der Waals surface area contributed by atoms with Crippen molar-refractivity contribution in [3.8, 4) is 0 Å². The highest BCUT2D eigenvalue weighted by molar-refractivity contribution is 8.01. The van der Waals surface area contributed by atoms with Gasteiger partial charge in [-0.3, -0.25) is 4.79 Å². The lowest BCUT2D eigenvalue weighted by molar-refractivity contribution is 0.102. The molecule has 0 fully saturated rings. The summed E-state index contributed by atoms with van der Waals surface area (Å²) in [5, 5.41) is 3.34. The average molecular weight is 270 g/mol. The predicted molar refractivity (Wildman–Crippen MR) is 80.6 cm³/mol. The molecule has 2 aromatic rings. The van der Waals surface area contributed by atoms with E-state index in [0.717, 1.165) is 23.5 Å². The van der Waals surface area contributed by atoms with Gasteiger partial charge in [-0.15, -0.1) is 0 Å². The number of rotatable bonds is 3. The Hall–Kier alpha value is -1.94. The molecule has 0 unspecified atom stereocenters. The Labute approximate surface area is 116 Å². The van der Waals surface area contributed by atoms with Crippen LogP contribution in [0.3, 0.4) is 0 Å². The van der Waals surface area contributed by atoms with Gasteiger partial charge in [-0.05, 0) is 35.7 Å². The van der Waals surface area contributed by atoms with Crippen LogP contribution in [0.15, 0.2) is 48.5 Å². The first-order chi connectivity index (χ1) is 9.33. The molecular formula is C15H14N2OS. The summed E-state index contributed by atoms with van der Waals surface area (Å²) in [4.78, 5) is 11.8. The summed E-state index contributed by atoms with van der Waals surface area (Å²) in [6.07, 6.45) is 0. The molecule has 2 N–H and O–H groups in total. The molecule has 0 atom stereocenters. The third-order valence-electron chi connectivity index (χ3n) is 3.04. The first-order valence-corrected chi connectivity index (χ1v) is 7.14. The SMILES string of the molecule is O=C1CSNc2ccc(NCc3ccccc3)cc21. The van der Waals surface area contributed by atoms with Gasteiger partial charge in [0.05, 0.1) is 11.4 Å². The number of carbonyl (C=O) groups is 1. The first kappa shape index (κ1) is 12.1. The summed E-state index contributed by atoms with van der Waals surface area (Å²) in [5.74, 6) is 0.678. The predicted octanol–water partition coefficient (Wildman–Crippen LogP) is 3.56. The van der Waals surface area contributed by atoms with E-state index in [0.29, 0.717) is 5.75 Å². The molecule has 0 bridgehead atoms. The van der Waals surface area contributed by atoms with Crippen LogP contribution in [0, 0.1) is 0 Å². The maximum absolute atomic E-state index is 11.8. The fourth-order valence-corrected chi connectivity index (χ4v) is 2.72. The summed E-state index contributed by atoms with van der Waals surface area (Å²) in [6, 6.07) is 16.1. The van der Waals surface area contributed by atoms with E-state index in [-0.39, 0.29) is 5.78 Å². The molecule has 0 aliphatic carbocycles. The largest absolute Gasteiger partial charge is 0.381 e. The Balaban J connectivity index is 1.75. The zero-order valence-corrected chi connectivity index (χ0v) is 11.2. The van der Waals surface area contributed by atoms with E-state index in [2.05, 4.69) is 22.2 Å². The second kappa shape index (κ2) is 5.36. The zero-order valence-electron chi connectivity index (χ0n) is 10.3. The van der Waals surface area contributed by atoms with Gasteiger partial charge in [-0.25, -0.2) is 0 Å². The Kier molecular flexibility index (Phi) is 3.42. The van der Waals surface area contributed by atoms with Crippen LogP contribution in [0.25, 0.3) is 0 Å². The Bertz CT molecular complexity index is 598.